The van der Waals surface area contributed by atoms with E-state index in [0.29, 0.717) is 24.6 Å². The van der Waals surface area contributed by atoms with Crippen molar-refractivity contribution in [2.45, 2.75) is 44.7 Å². The normalized spacial score (nSPS) is 19.9. The van der Waals surface area contributed by atoms with Crippen molar-refractivity contribution in [2.24, 2.45) is 0 Å². The lowest BCUT2D eigenvalue weighted by Gasteiger charge is -2.37. The molecule has 2 aromatic heterocycles. The number of piperazine rings is 1. The molecule has 2 saturated heterocycles. The molecule has 0 N–H and O–H groups in total. The minimum Gasteiger partial charge on any atom is -0.502 e. The van der Waals surface area contributed by atoms with Gasteiger partial charge in [-0.15, -0.1) is 0 Å². The largest absolute Gasteiger partial charge is 0.502 e. The molecular weight excluding hydrogens is 622 g/mol. The number of aromatic nitrogens is 6. The Morgan fingerprint density at radius 3 is 2.31 bits per heavy atom. The van der Waals surface area contributed by atoms with Gasteiger partial charge in [-0.1, -0.05) is 37.3 Å². The predicted octanol–water partition coefficient (Wildman–Crippen LogP) is 4.82. The zero-order valence-corrected chi connectivity index (χ0v) is 27.6. The molecule has 2 aliphatic rings. The van der Waals surface area contributed by atoms with Crippen LogP contribution in [0, 0.1) is 6.57 Å². The van der Waals surface area contributed by atoms with Gasteiger partial charge in [0.05, 0.1) is 37.3 Å². The van der Waals surface area contributed by atoms with Crippen LogP contribution in [0.2, 0.25) is 0 Å². The van der Waals surface area contributed by atoms with Crippen LogP contribution < -0.4 is 20.2 Å². The van der Waals surface area contributed by atoms with Crippen LogP contribution >= 0.6 is 0 Å². The Bertz CT molecular complexity index is 1940. The topological polar surface area (TPSA) is 109 Å². The van der Waals surface area contributed by atoms with E-state index >= 15 is 0 Å². The number of hydrogen-bond acceptors (Lipinski definition) is 9. The highest BCUT2D eigenvalue weighted by Crippen LogP contribution is 2.37. The molecule has 0 bridgehead atoms. The second-order valence-corrected chi connectivity index (χ2v) is 12.3. The van der Waals surface area contributed by atoms with Gasteiger partial charge in [-0.3, -0.25) is 0 Å². The van der Waals surface area contributed by atoms with Gasteiger partial charge in [0.2, 0.25) is 11.5 Å². The monoisotopic (exact) mass is 661 g/mol. The van der Waals surface area contributed by atoms with Crippen molar-refractivity contribution in [1.29, 1.82) is 0 Å². The first-order valence-corrected chi connectivity index (χ1v) is 16.6. The third-order valence-electron chi connectivity index (χ3n) is 9.22. The summed E-state index contributed by atoms with van der Waals surface area (Å²) in [6.07, 6.45) is 5.33. The quantitative estimate of drug-likeness (QED) is 0.184. The van der Waals surface area contributed by atoms with Crippen molar-refractivity contribution < 1.29 is 14.2 Å². The lowest BCUT2D eigenvalue weighted by molar-refractivity contribution is -0.192. The van der Waals surface area contributed by atoms with E-state index < -0.39 is 5.79 Å². The molecule has 3 aromatic carbocycles. The van der Waals surface area contributed by atoms with Crippen LogP contribution in [0.25, 0.3) is 10.5 Å². The van der Waals surface area contributed by atoms with E-state index in [9.17, 15) is 4.79 Å². The molecule has 4 heterocycles. The van der Waals surface area contributed by atoms with Crippen LogP contribution in [0.15, 0.2) is 96.3 Å². The fraction of sp³-hybridized carbons (Fsp3) is 0.361. The molecule has 0 radical (unpaired) electrons. The van der Waals surface area contributed by atoms with E-state index in [1.54, 1.807) is 28.1 Å². The van der Waals surface area contributed by atoms with Crippen LogP contribution in [-0.2, 0) is 21.8 Å². The summed E-state index contributed by atoms with van der Waals surface area (Å²) >= 11 is 0. The van der Waals surface area contributed by atoms with Crippen LogP contribution in [0.3, 0.4) is 0 Å². The number of nitrogens with zero attached hydrogens (tertiary/aromatic N) is 9. The van der Waals surface area contributed by atoms with E-state index in [0.717, 1.165) is 55.2 Å². The molecule has 0 saturated carbocycles. The highest BCUT2D eigenvalue weighted by molar-refractivity contribution is 5.67. The summed E-state index contributed by atoms with van der Waals surface area (Å²) in [5.41, 5.74) is 4.09. The highest BCUT2D eigenvalue weighted by atomic mass is 16.8. The number of benzene rings is 3. The Labute approximate surface area is 284 Å². The molecule has 2 fully saturated rings. The highest BCUT2D eigenvalue weighted by Gasteiger charge is 2.44. The molecule has 0 aliphatic carbocycles. The third-order valence-corrected chi connectivity index (χ3v) is 9.22. The van der Waals surface area contributed by atoms with E-state index in [1.807, 2.05) is 74.5 Å². The van der Waals surface area contributed by atoms with Crippen molar-refractivity contribution in [3.05, 3.63) is 119 Å². The summed E-state index contributed by atoms with van der Waals surface area (Å²) in [6, 6.07) is 23.6. The van der Waals surface area contributed by atoms with Crippen LogP contribution in [0.4, 0.5) is 17.1 Å². The Kier molecular flexibility index (Phi) is 9.15. The third kappa shape index (κ3) is 6.65. The fourth-order valence-electron chi connectivity index (χ4n) is 6.29. The van der Waals surface area contributed by atoms with Crippen molar-refractivity contribution >= 4 is 17.1 Å². The Balaban J connectivity index is 0.956. The van der Waals surface area contributed by atoms with Crippen LogP contribution in [-0.4, -0.2) is 74.8 Å². The summed E-state index contributed by atoms with van der Waals surface area (Å²) in [4.78, 5) is 22.8. The molecule has 0 amide bonds. The lowest BCUT2D eigenvalue weighted by atomic mass is 10.1. The standard InChI is InChI=1S/C36H39N9O4/c1-4-27(2)45-35(46)43(26-40-45)30-12-10-29(11-13-30)41-18-20-42(21-19-41)31-14-15-34(33(22-31)37-3)47-23-32-24-48-36(49-32,25-44-38-16-17-39-44)28-8-6-5-7-9-28/h5-17,22,26-27,32H,4,18-21,23-25H2,1-2H3/t27?,32-,36-/m1/s1. The lowest BCUT2D eigenvalue weighted by Crippen LogP contribution is -2.46. The minimum absolute atomic E-state index is 0.0544. The predicted molar refractivity (Wildman–Crippen MR) is 184 cm³/mol. The molecule has 5 aromatic rings. The fourth-order valence-corrected chi connectivity index (χ4v) is 6.29. The molecule has 7 rings (SSSR count). The molecule has 13 heteroatoms. The maximum atomic E-state index is 12.8. The summed E-state index contributed by atoms with van der Waals surface area (Å²) in [7, 11) is 0. The summed E-state index contributed by atoms with van der Waals surface area (Å²) in [6.45, 7) is 16.0. The second kappa shape index (κ2) is 14.0. The Morgan fingerprint density at radius 1 is 0.939 bits per heavy atom. The van der Waals surface area contributed by atoms with Gasteiger partial charge >= 0.3 is 5.69 Å². The molecule has 0 spiro atoms. The zero-order valence-electron chi connectivity index (χ0n) is 27.6. The molecule has 1 unspecified atom stereocenters. The molecular formula is C36H39N9O4. The van der Waals surface area contributed by atoms with Crippen molar-refractivity contribution in [3.8, 4) is 11.4 Å². The summed E-state index contributed by atoms with van der Waals surface area (Å²) in [5, 5.41) is 12.8. The molecule has 49 heavy (non-hydrogen) atoms. The van der Waals surface area contributed by atoms with Gasteiger partial charge in [0.15, 0.2) is 0 Å². The van der Waals surface area contributed by atoms with Crippen molar-refractivity contribution in [3.63, 3.8) is 0 Å². The SMILES string of the molecule is [C-]#[N+]c1cc(N2CCN(c3ccc(-n4cnn(C(C)CC)c4=O)cc3)CC2)ccc1OC[C@@H]1CO[C@@](Cn2nccn2)(c2ccccc2)O1. The van der Waals surface area contributed by atoms with Gasteiger partial charge in [0.25, 0.3) is 0 Å². The number of rotatable bonds is 11. The van der Waals surface area contributed by atoms with Gasteiger partial charge in [0, 0.05) is 43.1 Å². The van der Waals surface area contributed by atoms with Crippen LogP contribution in [0.5, 0.6) is 5.75 Å². The number of ether oxygens (including phenoxy) is 3. The molecule has 13 nitrogen and oxygen atoms in total. The summed E-state index contributed by atoms with van der Waals surface area (Å²) in [5.74, 6) is -0.525. The Morgan fingerprint density at radius 2 is 1.61 bits per heavy atom. The van der Waals surface area contributed by atoms with Gasteiger partial charge in [0.1, 0.15) is 31.3 Å². The van der Waals surface area contributed by atoms with Gasteiger partial charge in [-0.05, 0) is 55.8 Å². The van der Waals surface area contributed by atoms with E-state index in [4.69, 9.17) is 20.8 Å². The maximum absolute atomic E-state index is 12.8. The molecule has 252 valence electrons. The second-order valence-electron chi connectivity index (χ2n) is 12.3. The molecule has 2 aliphatic heterocycles. The summed E-state index contributed by atoms with van der Waals surface area (Å²) < 4.78 is 22.0. The smallest absolute Gasteiger partial charge is 0.350 e. The average molecular weight is 662 g/mol. The van der Waals surface area contributed by atoms with Crippen molar-refractivity contribution in [2.75, 3.05) is 49.2 Å². The number of anilines is 2. The van der Waals surface area contributed by atoms with E-state index in [1.165, 1.54) is 4.68 Å². The van der Waals surface area contributed by atoms with Crippen molar-refractivity contribution in [1.82, 2.24) is 29.3 Å². The molecule has 3 atom stereocenters. The van der Waals surface area contributed by atoms with Gasteiger partial charge in [-0.25, -0.2) is 18.9 Å². The first-order chi connectivity index (χ1) is 24.0. The maximum Gasteiger partial charge on any atom is 0.350 e. The zero-order chi connectivity index (χ0) is 33.8. The van der Waals surface area contributed by atoms with Gasteiger partial charge in [-0.2, -0.15) is 20.1 Å². The first kappa shape index (κ1) is 32.1. The average Bonchev–Trinajstić information content (AvgIpc) is 3.92. The first-order valence-electron chi connectivity index (χ1n) is 16.6. The van der Waals surface area contributed by atoms with E-state index in [2.05, 4.69) is 42.1 Å². The van der Waals surface area contributed by atoms with E-state index in [-0.39, 0.29) is 24.4 Å². The minimum atomic E-state index is -1.04. The van der Waals surface area contributed by atoms with Gasteiger partial charge < -0.3 is 24.0 Å². The Hall–Kier alpha value is -5.45. The van der Waals surface area contributed by atoms with Crippen LogP contribution in [0.1, 0.15) is 31.9 Å². The number of hydrogen-bond donors (Lipinski definition) is 0.